The third kappa shape index (κ3) is 5.58. The Kier molecular flexibility index (Phi) is 6.11. The van der Waals surface area contributed by atoms with E-state index in [1.165, 1.54) is 19.3 Å². The van der Waals surface area contributed by atoms with Gasteiger partial charge in [0, 0.05) is 6.04 Å². The number of nitrogens with two attached hydrogens (primary N) is 2. The molecule has 1 aliphatic carbocycles. The molecule has 1 fully saturated rings. The van der Waals surface area contributed by atoms with Crippen molar-refractivity contribution in [3.05, 3.63) is 0 Å². The standard InChI is InChI=1S/C12H22N4O3/c13-10(17)9(11(14)18)16-12(19)15-8-6-4-2-1-3-5-7-8/h8-9H,1-7H2,(H2,13,17)(H2,14,18)(H2,15,16,19). The summed E-state index contributed by atoms with van der Waals surface area (Å²) in [5.41, 5.74) is 9.96. The average Bonchev–Trinajstić information content (AvgIpc) is 2.28. The SMILES string of the molecule is NC(=O)C(NC(=O)NC1CCCCCCC1)C(N)=O. The van der Waals surface area contributed by atoms with Gasteiger partial charge >= 0.3 is 6.03 Å². The molecular formula is C12H22N4O3. The molecule has 0 bridgehead atoms. The first-order valence-electron chi connectivity index (χ1n) is 6.66. The molecule has 4 amide bonds. The Morgan fingerprint density at radius 2 is 1.37 bits per heavy atom. The molecular weight excluding hydrogens is 248 g/mol. The summed E-state index contributed by atoms with van der Waals surface area (Å²) >= 11 is 0. The predicted octanol–water partition coefficient (Wildman–Crippen LogP) is -0.262. The third-order valence-electron chi connectivity index (χ3n) is 3.28. The molecule has 1 saturated carbocycles. The van der Waals surface area contributed by atoms with Crippen molar-refractivity contribution < 1.29 is 14.4 Å². The molecule has 7 nitrogen and oxygen atoms in total. The van der Waals surface area contributed by atoms with E-state index in [-0.39, 0.29) is 6.04 Å². The summed E-state index contributed by atoms with van der Waals surface area (Å²) in [4.78, 5) is 33.6. The van der Waals surface area contributed by atoms with E-state index >= 15 is 0 Å². The maximum Gasteiger partial charge on any atom is 0.316 e. The predicted molar refractivity (Wildman–Crippen MR) is 70.0 cm³/mol. The van der Waals surface area contributed by atoms with Gasteiger partial charge in [-0.25, -0.2) is 4.79 Å². The van der Waals surface area contributed by atoms with Gasteiger partial charge in [0.05, 0.1) is 0 Å². The second-order valence-corrected chi connectivity index (χ2v) is 4.90. The maximum absolute atomic E-state index is 11.7. The van der Waals surface area contributed by atoms with E-state index in [0.717, 1.165) is 25.7 Å². The molecule has 0 aliphatic heterocycles. The summed E-state index contributed by atoms with van der Waals surface area (Å²) in [5, 5.41) is 4.96. The first-order chi connectivity index (χ1) is 9.00. The van der Waals surface area contributed by atoms with E-state index in [1.54, 1.807) is 0 Å². The van der Waals surface area contributed by atoms with Crippen molar-refractivity contribution in [2.45, 2.75) is 57.0 Å². The molecule has 0 saturated heterocycles. The van der Waals surface area contributed by atoms with Crippen LogP contribution in [-0.2, 0) is 9.59 Å². The van der Waals surface area contributed by atoms with Crippen LogP contribution in [0.15, 0.2) is 0 Å². The Bertz CT molecular complexity index is 324. The van der Waals surface area contributed by atoms with Crippen molar-refractivity contribution in [3.63, 3.8) is 0 Å². The lowest BCUT2D eigenvalue weighted by atomic mass is 9.97. The van der Waals surface area contributed by atoms with Gasteiger partial charge in [-0.1, -0.05) is 32.1 Å². The smallest absolute Gasteiger partial charge is 0.316 e. The minimum atomic E-state index is -1.46. The number of hydrogen-bond donors (Lipinski definition) is 4. The first-order valence-corrected chi connectivity index (χ1v) is 6.66. The second kappa shape index (κ2) is 7.60. The molecule has 0 heterocycles. The number of carbonyl (C=O) groups is 3. The van der Waals surface area contributed by atoms with Crippen molar-refractivity contribution in [2.24, 2.45) is 11.5 Å². The number of primary amides is 2. The van der Waals surface area contributed by atoms with E-state index < -0.39 is 23.9 Å². The summed E-state index contributed by atoms with van der Waals surface area (Å²) in [6.07, 6.45) is 7.54. The van der Waals surface area contributed by atoms with Crippen molar-refractivity contribution in [1.82, 2.24) is 10.6 Å². The van der Waals surface area contributed by atoms with Gasteiger partial charge in [-0.05, 0) is 12.8 Å². The zero-order chi connectivity index (χ0) is 14.3. The summed E-state index contributed by atoms with van der Waals surface area (Å²) in [6.45, 7) is 0. The highest BCUT2D eigenvalue weighted by Crippen LogP contribution is 2.16. The minimum Gasteiger partial charge on any atom is -0.367 e. The van der Waals surface area contributed by atoms with Crippen LogP contribution in [-0.4, -0.2) is 29.9 Å². The lowest BCUT2D eigenvalue weighted by Crippen LogP contribution is -2.56. The molecule has 0 atom stereocenters. The summed E-state index contributed by atoms with van der Waals surface area (Å²) < 4.78 is 0. The Labute approximate surface area is 112 Å². The number of urea groups is 1. The van der Waals surface area contributed by atoms with Gasteiger partial charge in [-0.2, -0.15) is 0 Å². The monoisotopic (exact) mass is 270 g/mol. The highest BCUT2D eigenvalue weighted by Gasteiger charge is 2.24. The fourth-order valence-electron chi connectivity index (χ4n) is 2.24. The third-order valence-corrected chi connectivity index (χ3v) is 3.28. The summed E-state index contributed by atoms with van der Waals surface area (Å²) in [6, 6.07) is -1.97. The van der Waals surface area contributed by atoms with E-state index in [4.69, 9.17) is 11.5 Å². The van der Waals surface area contributed by atoms with Gasteiger partial charge in [0.2, 0.25) is 11.8 Å². The van der Waals surface area contributed by atoms with Crippen LogP contribution in [0.2, 0.25) is 0 Å². The fourth-order valence-corrected chi connectivity index (χ4v) is 2.24. The van der Waals surface area contributed by atoms with Crippen LogP contribution in [0.25, 0.3) is 0 Å². The Balaban J connectivity index is 2.44. The van der Waals surface area contributed by atoms with Crippen LogP contribution in [0, 0.1) is 0 Å². The van der Waals surface area contributed by atoms with E-state index in [1.807, 2.05) is 0 Å². The quantitative estimate of drug-likeness (QED) is 0.525. The normalized spacial score (nSPS) is 17.3. The molecule has 7 heteroatoms. The first kappa shape index (κ1) is 15.3. The number of hydrogen-bond acceptors (Lipinski definition) is 3. The van der Waals surface area contributed by atoms with Gasteiger partial charge in [0.15, 0.2) is 6.04 Å². The average molecular weight is 270 g/mol. The zero-order valence-corrected chi connectivity index (χ0v) is 11.0. The lowest BCUT2D eigenvalue weighted by Gasteiger charge is -2.22. The Hall–Kier alpha value is -1.79. The second-order valence-electron chi connectivity index (χ2n) is 4.90. The number of nitrogens with one attached hydrogen (secondary N) is 2. The van der Waals surface area contributed by atoms with Gasteiger partial charge in [-0.3, -0.25) is 9.59 Å². The summed E-state index contributed by atoms with van der Waals surface area (Å²) in [7, 11) is 0. The van der Waals surface area contributed by atoms with Crippen LogP contribution in [0.1, 0.15) is 44.9 Å². The zero-order valence-electron chi connectivity index (χ0n) is 11.0. The molecule has 0 aromatic carbocycles. The molecule has 6 N–H and O–H groups in total. The number of amides is 4. The van der Waals surface area contributed by atoms with Crippen LogP contribution >= 0.6 is 0 Å². The van der Waals surface area contributed by atoms with Gasteiger partial charge in [0.1, 0.15) is 0 Å². The van der Waals surface area contributed by atoms with Crippen LogP contribution in [0.4, 0.5) is 4.79 Å². The molecule has 0 aromatic heterocycles. The van der Waals surface area contributed by atoms with E-state index in [0.29, 0.717) is 0 Å². The largest absolute Gasteiger partial charge is 0.367 e. The molecule has 0 spiro atoms. The highest BCUT2D eigenvalue weighted by atomic mass is 16.2. The van der Waals surface area contributed by atoms with Crippen molar-refractivity contribution in [3.8, 4) is 0 Å². The van der Waals surface area contributed by atoms with Crippen molar-refractivity contribution >= 4 is 17.8 Å². The number of rotatable bonds is 4. The molecule has 0 aromatic rings. The topological polar surface area (TPSA) is 127 Å². The van der Waals surface area contributed by atoms with Gasteiger partial charge in [-0.15, -0.1) is 0 Å². The molecule has 1 rings (SSSR count). The molecule has 0 radical (unpaired) electrons. The maximum atomic E-state index is 11.7. The minimum absolute atomic E-state index is 0.0710. The highest BCUT2D eigenvalue weighted by molar-refractivity contribution is 6.05. The van der Waals surface area contributed by atoms with Crippen molar-refractivity contribution in [1.29, 1.82) is 0 Å². The van der Waals surface area contributed by atoms with Crippen LogP contribution < -0.4 is 22.1 Å². The van der Waals surface area contributed by atoms with Crippen LogP contribution in [0.3, 0.4) is 0 Å². The molecule has 0 unspecified atom stereocenters. The van der Waals surface area contributed by atoms with Gasteiger partial charge in [0.25, 0.3) is 0 Å². The fraction of sp³-hybridized carbons (Fsp3) is 0.750. The molecule has 1 aliphatic rings. The Morgan fingerprint density at radius 3 is 1.84 bits per heavy atom. The lowest BCUT2D eigenvalue weighted by molar-refractivity contribution is -0.128. The van der Waals surface area contributed by atoms with Gasteiger partial charge < -0.3 is 22.1 Å². The van der Waals surface area contributed by atoms with Crippen molar-refractivity contribution in [2.75, 3.05) is 0 Å². The molecule has 108 valence electrons. The Morgan fingerprint density at radius 1 is 0.895 bits per heavy atom. The number of carbonyl (C=O) groups excluding carboxylic acids is 3. The van der Waals surface area contributed by atoms with Crippen LogP contribution in [0.5, 0.6) is 0 Å². The van der Waals surface area contributed by atoms with E-state index in [2.05, 4.69) is 10.6 Å². The summed E-state index contributed by atoms with van der Waals surface area (Å²) in [5.74, 6) is -1.92. The molecule has 19 heavy (non-hydrogen) atoms. The van der Waals surface area contributed by atoms with E-state index in [9.17, 15) is 14.4 Å².